The molecule has 0 aliphatic heterocycles. The fourth-order valence-electron chi connectivity index (χ4n) is 1.32. The van der Waals surface area contributed by atoms with Crippen molar-refractivity contribution in [2.45, 2.75) is 6.92 Å². The van der Waals surface area contributed by atoms with Gasteiger partial charge in [0.1, 0.15) is 17.3 Å². The van der Waals surface area contributed by atoms with Crippen LogP contribution in [0.5, 0.6) is 11.5 Å². The van der Waals surface area contributed by atoms with Crippen molar-refractivity contribution in [3.63, 3.8) is 0 Å². The van der Waals surface area contributed by atoms with E-state index in [1.807, 2.05) is 19.1 Å². The summed E-state index contributed by atoms with van der Waals surface area (Å²) >= 11 is 0. The first-order chi connectivity index (χ1) is 8.63. The minimum Gasteiger partial charge on any atom is -0.395 e. The Morgan fingerprint density at radius 2 is 1.33 bits per heavy atom. The van der Waals surface area contributed by atoms with Gasteiger partial charge in [-0.2, -0.15) is 0 Å². The molecule has 0 heterocycles. The number of carbonyl (C=O) groups excluding carboxylic acids is 1. The lowest BCUT2D eigenvalue weighted by atomic mass is 10.2. The van der Waals surface area contributed by atoms with Crippen LogP contribution < -0.4 is 9.47 Å². The molecule has 3 nitrogen and oxygen atoms in total. The molecule has 0 aromatic heterocycles. The summed E-state index contributed by atoms with van der Waals surface area (Å²) in [5, 5.41) is 0. The predicted octanol–water partition coefficient (Wildman–Crippen LogP) is 3.71. The van der Waals surface area contributed by atoms with Gasteiger partial charge >= 0.3 is 6.16 Å². The van der Waals surface area contributed by atoms with Crippen molar-refractivity contribution in [1.82, 2.24) is 0 Å². The Morgan fingerprint density at radius 3 is 1.83 bits per heavy atom. The maximum atomic E-state index is 12.6. The summed E-state index contributed by atoms with van der Waals surface area (Å²) in [6, 6.07) is 12.1. The van der Waals surface area contributed by atoms with E-state index in [0.717, 1.165) is 5.56 Å². The molecule has 0 unspecified atom stereocenters. The number of hydrogen-bond acceptors (Lipinski definition) is 3. The van der Waals surface area contributed by atoms with E-state index in [2.05, 4.69) is 0 Å². The van der Waals surface area contributed by atoms with E-state index in [9.17, 15) is 9.18 Å². The number of halogens is 1. The Kier molecular flexibility index (Phi) is 3.57. The lowest BCUT2D eigenvalue weighted by Gasteiger charge is -2.05. The van der Waals surface area contributed by atoms with Crippen LogP contribution in [0.25, 0.3) is 0 Å². The Balaban J connectivity index is 1.96. The average Bonchev–Trinajstić information content (AvgIpc) is 2.35. The van der Waals surface area contributed by atoms with E-state index in [1.165, 1.54) is 24.3 Å². The van der Waals surface area contributed by atoms with Gasteiger partial charge in [-0.25, -0.2) is 9.18 Å². The molecule has 0 saturated heterocycles. The van der Waals surface area contributed by atoms with Gasteiger partial charge in [0.05, 0.1) is 0 Å². The molecule has 0 aliphatic carbocycles. The summed E-state index contributed by atoms with van der Waals surface area (Å²) in [4.78, 5) is 11.4. The molecular weight excluding hydrogens is 235 g/mol. The zero-order valence-electron chi connectivity index (χ0n) is 9.72. The van der Waals surface area contributed by atoms with Crippen LogP contribution in [-0.4, -0.2) is 6.16 Å². The largest absolute Gasteiger partial charge is 0.519 e. The molecule has 0 N–H and O–H groups in total. The van der Waals surface area contributed by atoms with Crippen molar-refractivity contribution in [2.75, 3.05) is 0 Å². The second-order valence-corrected chi connectivity index (χ2v) is 3.72. The standard InChI is InChI=1S/C14H11FO3/c1-10-2-6-12(7-3-10)17-14(16)18-13-8-4-11(15)5-9-13/h2-9H,1H3. The fourth-order valence-corrected chi connectivity index (χ4v) is 1.32. The van der Waals surface area contributed by atoms with Crippen molar-refractivity contribution < 1.29 is 18.7 Å². The molecular formula is C14H11FO3. The maximum Gasteiger partial charge on any atom is 0.519 e. The third kappa shape index (κ3) is 3.31. The van der Waals surface area contributed by atoms with E-state index in [0.29, 0.717) is 5.75 Å². The lowest BCUT2D eigenvalue weighted by molar-refractivity contribution is 0.152. The summed E-state index contributed by atoms with van der Waals surface area (Å²) in [6.07, 6.45) is -0.856. The summed E-state index contributed by atoms with van der Waals surface area (Å²) in [5.41, 5.74) is 1.06. The highest BCUT2D eigenvalue weighted by Gasteiger charge is 2.07. The zero-order chi connectivity index (χ0) is 13.0. The quantitative estimate of drug-likeness (QED) is 0.598. The molecule has 0 fully saturated rings. The van der Waals surface area contributed by atoms with Gasteiger partial charge in [-0.3, -0.25) is 0 Å². The number of carbonyl (C=O) groups is 1. The van der Waals surface area contributed by atoms with Crippen molar-refractivity contribution >= 4 is 6.16 Å². The fraction of sp³-hybridized carbons (Fsp3) is 0.0714. The Bertz CT molecular complexity index is 482. The van der Waals surface area contributed by atoms with E-state index < -0.39 is 12.0 Å². The van der Waals surface area contributed by atoms with Crippen molar-refractivity contribution in [3.05, 3.63) is 59.9 Å². The Morgan fingerprint density at radius 1 is 0.889 bits per heavy atom. The highest BCUT2D eigenvalue weighted by Crippen LogP contribution is 2.15. The normalized spacial score (nSPS) is 9.89. The van der Waals surface area contributed by atoms with Crippen LogP contribution in [0.15, 0.2) is 48.5 Å². The van der Waals surface area contributed by atoms with E-state index in [4.69, 9.17) is 9.47 Å². The topological polar surface area (TPSA) is 35.5 Å². The molecule has 0 atom stereocenters. The maximum absolute atomic E-state index is 12.6. The lowest BCUT2D eigenvalue weighted by Crippen LogP contribution is -2.13. The molecule has 0 radical (unpaired) electrons. The smallest absolute Gasteiger partial charge is 0.395 e. The SMILES string of the molecule is Cc1ccc(OC(=O)Oc2ccc(F)cc2)cc1. The number of aryl methyl sites for hydroxylation is 1. The molecule has 2 aromatic carbocycles. The third-order valence-electron chi connectivity index (χ3n) is 2.24. The van der Waals surface area contributed by atoms with Gasteiger partial charge < -0.3 is 9.47 Å². The highest BCUT2D eigenvalue weighted by atomic mass is 19.1. The molecule has 0 amide bonds. The van der Waals surface area contributed by atoms with Gasteiger partial charge in [0.25, 0.3) is 0 Å². The molecule has 2 rings (SSSR count). The van der Waals surface area contributed by atoms with E-state index in [1.54, 1.807) is 12.1 Å². The van der Waals surface area contributed by atoms with Gasteiger partial charge in [0.15, 0.2) is 0 Å². The minimum absolute atomic E-state index is 0.230. The third-order valence-corrected chi connectivity index (χ3v) is 2.24. The number of ether oxygens (including phenoxy) is 2. The number of rotatable bonds is 2. The van der Waals surface area contributed by atoms with Crippen molar-refractivity contribution in [2.24, 2.45) is 0 Å². The Labute approximate surface area is 104 Å². The summed E-state index contributed by atoms with van der Waals surface area (Å²) in [6.45, 7) is 1.93. The van der Waals surface area contributed by atoms with Crippen LogP contribution in [-0.2, 0) is 0 Å². The van der Waals surface area contributed by atoms with Crippen LogP contribution in [0.1, 0.15) is 5.56 Å². The van der Waals surface area contributed by atoms with Crippen molar-refractivity contribution in [3.8, 4) is 11.5 Å². The van der Waals surface area contributed by atoms with Crippen molar-refractivity contribution in [1.29, 1.82) is 0 Å². The first kappa shape index (κ1) is 12.1. The zero-order valence-corrected chi connectivity index (χ0v) is 9.72. The molecule has 0 saturated carbocycles. The minimum atomic E-state index is -0.856. The first-order valence-electron chi connectivity index (χ1n) is 5.35. The van der Waals surface area contributed by atoms with E-state index in [-0.39, 0.29) is 5.75 Å². The average molecular weight is 246 g/mol. The van der Waals surface area contributed by atoms with Crippen LogP contribution in [0.3, 0.4) is 0 Å². The van der Waals surface area contributed by atoms with Gasteiger partial charge in [-0.1, -0.05) is 17.7 Å². The second kappa shape index (κ2) is 5.31. The molecule has 0 bridgehead atoms. The predicted molar refractivity (Wildman–Crippen MR) is 64.2 cm³/mol. The highest BCUT2D eigenvalue weighted by molar-refractivity contribution is 5.67. The number of hydrogen-bond donors (Lipinski definition) is 0. The van der Waals surface area contributed by atoms with Crippen LogP contribution in [0.2, 0.25) is 0 Å². The summed E-state index contributed by atoms with van der Waals surface area (Å²) < 4.78 is 22.5. The molecule has 2 aromatic rings. The monoisotopic (exact) mass is 246 g/mol. The molecule has 0 aliphatic rings. The van der Waals surface area contributed by atoms with Crippen LogP contribution >= 0.6 is 0 Å². The van der Waals surface area contributed by atoms with Gasteiger partial charge in [0, 0.05) is 0 Å². The van der Waals surface area contributed by atoms with E-state index >= 15 is 0 Å². The summed E-state index contributed by atoms with van der Waals surface area (Å²) in [5.74, 6) is 0.232. The summed E-state index contributed by atoms with van der Waals surface area (Å²) in [7, 11) is 0. The molecule has 92 valence electrons. The molecule has 0 spiro atoms. The molecule has 18 heavy (non-hydrogen) atoms. The Hall–Kier alpha value is -2.36. The van der Waals surface area contributed by atoms with Crippen LogP contribution in [0, 0.1) is 12.7 Å². The van der Waals surface area contributed by atoms with Gasteiger partial charge in [0.2, 0.25) is 0 Å². The second-order valence-electron chi connectivity index (χ2n) is 3.72. The van der Waals surface area contributed by atoms with Gasteiger partial charge in [-0.15, -0.1) is 0 Å². The van der Waals surface area contributed by atoms with Gasteiger partial charge in [-0.05, 0) is 43.3 Å². The molecule has 4 heteroatoms. The first-order valence-corrected chi connectivity index (χ1v) is 5.35. The van der Waals surface area contributed by atoms with Crippen LogP contribution in [0.4, 0.5) is 9.18 Å². The number of benzene rings is 2.